The fourth-order valence-corrected chi connectivity index (χ4v) is 2.87. The Bertz CT molecular complexity index is 792. The zero-order valence-electron chi connectivity index (χ0n) is 12.4. The number of nitrogens with zero attached hydrogens (tertiary/aromatic N) is 1. The lowest BCUT2D eigenvalue weighted by Crippen LogP contribution is -2.29. The van der Waals surface area contributed by atoms with Gasteiger partial charge >= 0.3 is 0 Å². The van der Waals surface area contributed by atoms with Crippen molar-refractivity contribution in [2.75, 3.05) is 13.1 Å². The van der Waals surface area contributed by atoms with E-state index in [2.05, 4.69) is 0 Å². The van der Waals surface area contributed by atoms with Gasteiger partial charge in [-0.25, -0.2) is 13.2 Å². The van der Waals surface area contributed by atoms with Crippen molar-refractivity contribution in [2.45, 2.75) is 12.3 Å². The molecule has 3 rings (SSSR count). The highest BCUT2D eigenvalue weighted by Crippen LogP contribution is 2.31. The van der Waals surface area contributed by atoms with Crippen LogP contribution in [-0.2, 0) is 0 Å². The van der Waals surface area contributed by atoms with E-state index in [4.69, 9.17) is 0 Å². The third-order valence-corrected chi connectivity index (χ3v) is 4.18. The van der Waals surface area contributed by atoms with Gasteiger partial charge in [0.05, 0.1) is 5.56 Å². The first-order chi connectivity index (χ1) is 11.4. The van der Waals surface area contributed by atoms with Gasteiger partial charge in [0.15, 0.2) is 17.4 Å². The molecule has 1 fully saturated rings. The second kappa shape index (κ2) is 6.14. The zero-order valence-corrected chi connectivity index (χ0v) is 12.4. The van der Waals surface area contributed by atoms with Crippen LogP contribution in [0.1, 0.15) is 28.3 Å². The van der Waals surface area contributed by atoms with Crippen LogP contribution in [0.3, 0.4) is 0 Å². The molecule has 126 valence electrons. The number of phenols is 1. The molecule has 3 nitrogen and oxygen atoms in total. The predicted molar refractivity (Wildman–Crippen MR) is 77.6 cm³/mol. The van der Waals surface area contributed by atoms with Crippen LogP contribution in [-0.4, -0.2) is 29.0 Å². The molecular formula is C17H13F4NO2. The SMILES string of the molecule is O=C(c1cc(F)c(F)c(O)c1F)N1CC[C@@H](c2ccc(F)cc2)C1. The number of benzene rings is 2. The molecule has 1 amide bonds. The summed E-state index contributed by atoms with van der Waals surface area (Å²) in [5.41, 5.74) is 0.117. The third kappa shape index (κ3) is 2.81. The number of likely N-dealkylation sites (tertiary alicyclic amines) is 1. The van der Waals surface area contributed by atoms with E-state index >= 15 is 0 Å². The Kier molecular flexibility index (Phi) is 4.17. The van der Waals surface area contributed by atoms with Gasteiger partial charge in [-0.05, 0) is 30.2 Å². The van der Waals surface area contributed by atoms with Crippen molar-refractivity contribution in [1.82, 2.24) is 4.90 Å². The van der Waals surface area contributed by atoms with Crippen molar-refractivity contribution in [1.29, 1.82) is 0 Å². The Morgan fingerprint density at radius 3 is 2.42 bits per heavy atom. The Labute approximate surface area is 135 Å². The number of halogens is 4. The summed E-state index contributed by atoms with van der Waals surface area (Å²) in [4.78, 5) is 13.6. The molecule has 0 aromatic heterocycles. The van der Waals surface area contributed by atoms with Gasteiger partial charge in [0.25, 0.3) is 5.91 Å². The minimum absolute atomic E-state index is 0.0588. The standard InChI is InChI=1S/C17H13F4NO2/c18-11-3-1-9(2-4-11)10-5-6-22(8-10)17(24)12-7-13(19)15(21)16(23)14(12)20/h1-4,7,10,23H,5-6,8H2/t10-/m1/s1. The zero-order chi connectivity index (χ0) is 17.4. The molecule has 1 saturated heterocycles. The lowest BCUT2D eigenvalue weighted by atomic mass is 9.98. The van der Waals surface area contributed by atoms with E-state index in [1.165, 1.54) is 17.0 Å². The topological polar surface area (TPSA) is 40.5 Å². The van der Waals surface area contributed by atoms with E-state index in [0.29, 0.717) is 19.0 Å². The highest BCUT2D eigenvalue weighted by atomic mass is 19.2. The number of hydrogen-bond donors (Lipinski definition) is 1. The normalized spacial score (nSPS) is 17.3. The van der Waals surface area contributed by atoms with Crippen LogP contribution >= 0.6 is 0 Å². The molecule has 1 atom stereocenters. The first-order valence-corrected chi connectivity index (χ1v) is 7.29. The van der Waals surface area contributed by atoms with E-state index in [1.807, 2.05) is 0 Å². The van der Waals surface area contributed by atoms with Gasteiger partial charge in [-0.15, -0.1) is 0 Å². The summed E-state index contributed by atoms with van der Waals surface area (Å²) >= 11 is 0. The number of rotatable bonds is 2. The third-order valence-electron chi connectivity index (χ3n) is 4.18. The number of hydrogen-bond acceptors (Lipinski definition) is 2. The summed E-state index contributed by atoms with van der Waals surface area (Å²) in [5.74, 6) is -7.47. The van der Waals surface area contributed by atoms with Gasteiger partial charge in [-0.1, -0.05) is 12.1 Å². The fourth-order valence-electron chi connectivity index (χ4n) is 2.87. The largest absolute Gasteiger partial charge is 0.503 e. The molecule has 1 aliphatic rings. The average molecular weight is 339 g/mol. The van der Waals surface area contributed by atoms with Crippen LogP contribution in [0.15, 0.2) is 30.3 Å². The molecule has 0 bridgehead atoms. The molecule has 7 heteroatoms. The van der Waals surface area contributed by atoms with Crippen LogP contribution in [0.2, 0.25) is 0 Å². The minimum Gasteiger partial charge on any atom is -0.503 e. The van der Waals surface area contributed by atoms with Crippen LogP contribution in [0, 0.1) is 23.3 Å². The Hall–Kier alpha value is -2.57. The Morgan fingerprint density at radius 1 is 1.08 bits per heavy atom. The summed E-state index contributed by atoms with van der Waals surface area (Å²) in [6.07, 6.45) is 0.578. The van der Waals surface area contributed by atoms with Gasteiger partial charge in [0, 0.05) is 19.0 Å². The molecule has 1 N–H and O–H groups in total. The Morgan fingerprint density at radius 2 is 1.75 bits per heavy atom. The number of aromatic hydroxyl groups is 1. The van der Waals surface area contributed by atoms with E-state index < -0.39 is 34.7 Å². The smallest absolute Gasteiger partial charge is 0.257 e. The summed E-state index contributed by atoms with van der Waals surface area (Å²) in [5, 5.41) is 9.22. The maximum absolute atomic E-state index is 13.9. The molecule has 2 aromatic rings. The van der Waals surface area contributed by atoms with Crippen molar-refractivity contribution in [2.24, 2.45) is 0 Å². The van der Waals surface area contributed by atoms with E-state index in [1.54, 1.807) is 12.1 Å². The monoisotopic (exact) mass is 339 g/mol. The highest BCUT2D eigenvalue weighted by Gasteiger charge is 2.31. The van der Waals surface area contributed by atoms with Crippen molar-refractivity contribution in [3.63, 3.8) is 0 Å². The minimum atomic E-state index is -1.73. The van der Waals surface area contributed by atoms with Crippen LogP contribution < -0.4 is 0 Å². The van der Waals surface area contributed by atoms with E-state index in [-0.39, 0.29) is 18.3 Å². The van der Waals surface area contributed by atoms with E-state index in [0.717, 1.165) is 5.56 Å². The molecule has 0 aliphatic carbocycles. The molecular weight excluding hydrogens is 326 g/mol. The van der Waals surface area contributed by atoms with Gasteiger partial charge in [-0.2, -0.15) is 4.39 Å². The van der Waals surface area contributed by atoms with Crippen molar-refractivity contribution in [3.8, 4) is 5.75 Å². The number of carbonyl (C=O) groups excluding carboxylic acids is 1. The lowest BCUT2D eigenvalue weighted by molar-refractivity contribution is 0.0784. The molecule has 1 heterocycles. The molecule has 0 spiro atoms. The average Bonchev–Trinajstić information content (AvgIpc) is 3.06. The Balaban J connectivity index is 1.81. The van der Waals surface area contributed by atoms with E-state index in [9.17, 15) is 27.5 Å². The number of carbonyl (C=O) groups is 1. The quantitative estimate of drug-likeness (QED) is 0.671. The summed E-state index contributed by atoms with van der Waals surface area (Å²) in [7, 11) is 0. The number of amides is 1. The second-order valence-electron chi connectivity index (χ2n) is 5.67. The van der Waals surface area contributed by atoms with Crippen molar-refractivity contribution < 1.29 is 27.5 Å². The van der Waals surface area contributed by atoms with Crippen molar-refractivity contribution >= 4 is 5.91 Å². The molecule has 24 heavy (non-hydrogen) atoms. The summed E-state index contributed by atoms with van der Waals surface area (Å²) in [6.45, 7) is 0.531. The maximum Gasteiger partial charge on any atom is 0.257 e. The maximum atomic E-state index is 13.9. The number of phenolic OH excluding ortho intramolecular Hbond substituents is 1. The van der Waals surface area contributed by atoms with Crippen LogP contribution in [0.5, 0.6) is 5.75 Å². The van der Waals surface area contributed by atoms with Gasteiger partial charge < -0.3 is 10.0 Å². The van der Waals surface area contributed by atoms with Crippen molar-refractivity contribution in [3.05, 3.63) is 64.7 Å². The van der Waals surface area contributed by atoms with Gasteiger partial charge in [0.2, 0.25) is 5.82 Å². The van der Waals surface area contributed by atoms with Gasteiger partial charge in [0.1, 0.15) is 5.82 Å². The molecule has 0 saturated carbocycles. The van der Waals surface area contributed by atoms with Crippen LogP contribution in [0.25, 0.3) is 0 Å². The van der Waals surface area contributed by atoms with Gasteiger partial charge in [-0.3, -0.25) is 4.79 Å². The second-order valence-corrected chi connectivity index (χ2v) is 5.67. The highest BCUT2D eigenvalue weighted by molar-refractivity contribution is 5.95. The fraction of sp³-hybridized carbons (Fsp3) is 0.235. The molecule has 2 aromatic carbocycles. The molecule has 0 unspecified atom stereocenters. The summed E-state index contributed by atoms with van der Waals surface area (Å²) in [6, 6.07) is 6.29. The lowest BCUT2D eigenvalue weighted by Gasteiger charge is -2.17. The predicted octanol–water partition coefficient (Wildman–Crippen LogP) is 3.58. The summed E-state index contributed by atoms with van der Waals surface area (Å²) < 4.78 is 53.3. The molecule has 1 aliphatic heterocycles. The molecule has 0 radical (unpaired) electrons. The first kappa shape index (κ1) is 16.3. The first-order valence-electron chi connectivity index (χ1n) is 7.29. The van der Waals surface area contributed by atoms with Crippen LogP contribution in [0.4, 0.5) is 17.6 Å².